The number of hydrogen-bond donors (Lipinski definition) is 2. The van der Waals surface area contributed by atoms with Gasteiger partial charge < -0.3 is 15.2 Å². The summed E-state index contributed by atoms with van der Waals surface area (Å²) < 4.78 is 0. The van der Waals surface area contributed by atoms with Gasteiger partial charge in [0.25, 0.3) is 0 Å². The normalized spacial score (nSPS) is 18.8. The number of hydrogen-bond acceptors (Lipinski definition) is 4. The van der Waals surface area contributed by atoms with Gasteiger partial charge in [-0.1, -0.05) is 29.8 Å². The van der Waals surface area contributed by atoms with Gasteiger partial charge in [0.1, 0.15) is 0 Å². The number of nitrogens with one attached hydrogen (secondary N) is 2. The summed E-state index contributed by atoms with van der Waals surface area (Å²) in [7, 11) is 0. The fourth-order valence-electron chi connectivity index (χ4n) is 3.64. The maximum Gasteiger partial charge on any atom is 0.247 e. The van der Waals surface area contributed by atoms with Crippen LogP contribution in [-0.4, -0.2) is 16.8 Å². The van der Waals surface area contributed by atoms with Gasteiger partial charge in [0.2, 0.25) is 17.4 Å². The minimum Gasteiger partial charge on any atom is -0.352 e. The smallest absolute Gasteiger partial charge is 0.247 e. The number of rotatable bonds is 5. The molecule has 6 nitrogen and oxygen atoms in total. The second-order valence-electron chi connectivity index (χ2n) is 7.15. The third-order valence-corrected chi connectivity index (χ3v) is 6.06. The molecule has 1 saturated heterocycles. The summed E-state index contributed by atoms with van der Waals surface area (Å²) in [5.74, 6) is -0.709. The summed E-state index contributed by atoms with van der Waals surface area (Å²) in [5, 5.41) is 4.88. The van der Waals surface area contributed by atoms with Gasteiger partial charge in [0, 0.05) is 35.8 Å². The van der Waals surface area contributed by atoms with Crippen molar-refractivity contribution in [1.29, 1.82) is 0 Å². The molecule has 2 amide bonds. The second-order valence-corrected chi connectivity index (χ2v) is 8.13. The first-order valence-corrected chi connectivity index (χ1v) is 10.3. The maximum atomic E-state index is 13.0. The first-order chi connectivity index (χ1) is 14.0. The highest BCUT2D eigenvalue weighted by Crippen LogP contribution is 2.43. The van der Waals surface area contributed by atoms with Gasteiger partial charge in [-0.2, -0.15) is 0 Å². The van der Waals surface area contributed by atoms with Crippen LogP contribution >= 0.6 is 11.3 Å². The molecule has 1 aliphatic heterocycles. The molecule has 2 unspecified atom stereocenters. The van der Waals surface area contributed by atoms with Crippen LogP contribution in [0.3, 0.4) is 0 Å². The molecule has 1 aromatic carbocycles. The van der Waals surface area contributed by atoms with Crippen molar-refractivity contribution in [2.24, 2.45) is 5.92 Å². The molecule has 3 heterocycles. The lowest BCUT2D eigenvalue weighted by Crippen LogP contribution is -2.35. The number of anilines is 1. The standard InChI is InChI=1S/C22H21N3O3S/c1-14-4-7-16(8-5-14)25-20(27)11-17(21(25)18-3-2-10-29-18)22(28)24-13-15-6-9-19(26)23-12-15/h2-10,12,17,21H,11,13H2,1H3,(H,23,26)(H,24,28). The van der Waals surface area contributed by atoms with E-state index in [1.165, 1.54) is 6.07 Å². The largest absolute Gasteiger partial charge is 0.352 e. The van der Waals surface area contributed by atoms with Crippen molar-refractivity contribution < 1.29 is 9.59 Å². The third-order valence-electron chi connectivity index (χ3n) is 5.12. The van der Waals surface area contributed by atoms with E-state index in [1.807, 2.05) is 48.7 Å². The zero-order valence-electron chi connectivity index (χ0n) is 15.9. The number of pyridine rings is 1. The molecule has 0 saturated carbocycles. The van der Waals surface area contributed by atoms with Gasteiger partial charge in [-0.25, -0.2) is 0 Å². The Hall–Kier alpha value is -3.19. The number of thiophene rings is 1. The molecule has 2 N–H and O–H groups in total. The molecule has 1 aliphatic rings. The van der Waals surface area contributed by atoms with E-state index >= 15 is 0 Å². The lowest BCUT2D eigenvalue weighted by atomic mass is 9.97. The molecular weight excluding hydrogens is 386 g/mol. The number of aromatic nitrogens is 1. The monoisotopic (exact) mass is 407 g/mol. The lowest BCUT2D eigenvalue weighted by Gasteiger charge is -2.27. The number of benzene rings is 1. The van der Waals surface area contributed by atoms with Crippen molar-refractivity contribution >= 4 is 28.8 Å². The molecular formula is C22H21N3O3S. The second kappa shape index (κ2) is 8.05. The molecule has 0 aliphatic carbocycles. The highest BCUT2D eigenvalue weighted by atomic mass is 32.1. The minimum atomic E-state index is -0.481. The van der Waals surface area contributed by atoms with Crippen LogP contribution in [0.1, 0.15) is 28.5 Å². The Morgan fingerprint density at radius 1 is 1.17 bits per heavy atom. The van der Waals surface area contributed by atoms with Crippen LogP contribution < -0.4 is 15.8 Å². The molecule has 0 radical (unpaired) electrons. The molecule has 7 heteroatoms. The van der Waals surface area contributed by atoms with Crippen molar-refractivity contribution in [3.05, 3.63) is 86.5 Å². The zero-order valence-corrected chi connectivity index (χ0v) is 16.7. The summed E-state index contributed by atoms with van der Waals surface area (Å²) >= 11 is 1.55. The Balaban J connectivity index is 1.59. The topological polar surface area (TPSA) is 82.3 Å². The van der Waals surface area contributed by atoms with Crippen LogP contribution in [0.2, 0.25) is 0 Å². The Morgan fingerprint density at radius 3 is 2.62 bits per heavy atom. The Kier molecular flexibility index (Phi) is 5.31. The van der Waals surface area contributed by atoms with E-state index in [2.05, 4.69) is 10.3 Å². The van der Waals surface area contributed by atoms with Crippen molar-refractivity contribution in [2.45, 2.75) is 25.9 Å². The zero-order chi connectivity index (χ0) is 20.4. The molecule has 3 aromatic rings. The van der Waals surface area contributed by atoms with Crippen molar-refractivity contribution in [3.8, 4) is 0 Å². The van der Waals surface area contributed by atoms with Gasteiger partial charge in [-0.15, -0.1) is 11.3 Å². The number of aromatic amines is 1. The molecule has 29 heavy (non-hydrogen) atoms. The number of H-pyrrole nitrogens is 1. The molecule has 1 fully saturated rings. The number of nitrogens with zero attached hydrogens (tertiary/aromatic N) is 1. The van der Waals surface area contributed by atoms with E-state index in [1.54, 1.807) is 28.5 Å². The van der Waals surface area contributed by atoms with Gasteiger partial charge in [0.05, 0.1) is 12.0 Å². The van der Waals surface area contributed by atoms with E-state index in [0.717, 1.165) is 21.7 Å². The Morgan fingerprint density at radius 2 is 1.97 bits per heavy atom. The fourth-order valence-corrected chi connectivity index (χ4v) is 4.52. The average Bonchev–Trinajstić information content (AvgIpc) is 3.36. The van der Waals surface area contributed by atoms with Crippen molar-refractivity contribution in [1.82, 2.24) is 10.3 Å². The van der Waals surface area contributed by atoms with Gasteiger partial charge in [0.15, 0.2) is 0 Å². The lowest BCUT2D eigenvalue weighted by molar-refractivity contribution is -0.126. The quantitative estimate of drug-likeness (QED) is 0.682. The van der Waals surface area contributed by atoms with Crippen molar-refractivity contribution in [3.63, 3.8) is 0 Å². The summed E-state index contributed by atoms with van der Waals surface area (Å²) in [4.78, 5) is 42.4. The molecule has 148 valence electrons. The number of aryl methyl sites for hydroxylation is 1. The van der Waals surface area contributed by atoms with E-state index in [4.69, 9.17) is 0 Å². The van der Waals surface area contributed by atoms with Gasteiger partial charge in [-0.3, -0.25) is 14.4 Å². The van der Waals surface area contributed by atoms with Crippen LogP contribution in [0, 0.1) is 12.8 Å². The number of carbonyl (C=O) groups is 2. The fraction of sp³-hybridized carbons (Fsp3) is 0.227. The average molecular weight is 407 g/mol. The van der Waals surface area contributed by atoms with Gasteiger partial charge >= 0.3 is 0 Å². The van der Waals surface area contributed by atoms with Crippen LogP contribution in [0.5, 0.6) is 0 Å². The SMILES string of the molecule is Cc1ccc(N2C(=O)CC(C(=O)NCc3ccc(=O)[nH]c3)C2c2cccs2)cc1. The van der Waals surface area contributed by atoms with E-state index in [0.29, 0.717) is 6.54 Å². The summed E-state index contributed by atoms with van der Waals surface area (Å²) in [6.07, 6.45) is 1.74. The van der Waals surface area contributed by atoms with E-state index in [-0.39, 0.29) is 29.8 Å². The van der Waals surface area contributed by atoms with Crippen LogP contribution in [0.15, 0.2) is 64.9 Å². The molecule has 4 rings (SSSR count). The Bertz CT molecular complexity index is 1050. The van der Waals surface area contributed by atoms with Crippen LogP contribution in [0.4, 0.5) is 5.69 Å². The van der Waals surface area contributed by atoms with Gasteiger partial charge in [-0.05, 0) is 36.1 Å². The highest BCUT2D eigenvalue weighted by molar-refractivity contribution is 7.10. The number of carbonyl (C=O) groups excluding carboxylic acids is 2. The minimum absolute atomic E-state index is 0.0588. The molecule has 0 bridgehead atoms. The third kappa shape index (κ3) is 4.00. The summed E-state index contributed by atoms with van der Waals surface area (Å²) in [6, 6.07) is 14.5. The first kappa shape index (κ1) is 19.1. The van der Waals surface area contributed by atoms with E-state index < -0.39 is 5.92 Å². The Labute approximate surface area is 172 Å². The van der Waals surface area contributed by atoms with E-state index in [9.17, 15) is 14.4 Å². The summed E-state index contributed by atoms with van der Waals surface area (Å²) in [5.41, 5.74) is 2.52. The van der Waals surface area contributed by atoms with Crippen LogP contribution in [0.25, 0.3) is 0 Å². The van der Waals surface area contributed by atoms with Crippen molar-refractivity contribution in [2.75, 3.05) is 4.90 Å². The first-order valence-electron chi connectivity index (χ1n) is 9.40. The summed E-state index contributed by atoms with van der Waals surface area (Å²) in [6.45, 7) is 2.29. The highest BCUT2D eigenvalue weighted by Gasteiger charge is 2.45. The molecule has 2 atom stereocenters. The number of amides is 2. The van der Waals surface area contributed by atoms with Crippen LogP contribution in [-0.2, 0) is 16.1 Å². The maximum absolute atomic E-state index is 13.0. The molecule has 0 spiro atoms. The predicted octanol–water partition coefficient (Wildman–Crippen LogP) is 3.16. The predicted molar refractivity (Wildman–Crippen MR) is 113 cm³/mol. The molecule has 2 aromatic heterocycles.